The summed E-state index contributed by atoms with van der Waals surface area (Å²) in [4.78, 5) is 5.41. The fraction of sp³-hybridized carbons (Fsp3) is 0.364. The van der Waals surface area contributed by atoms with Crippen LogP contribution in [0.15, 0.2) is 124 Å². The molecule has 5 aliphatic rings. The van der Waals surface area contributed by atoms with Gasteiger partial charge >= 0.3 is 6.85 Å². The molecule has 0 bridgehead atoms. The molecule has 2 aliphatic heterocycles. The van der Waals surface area contributed by atoms with Crippen LogP contribution in [0, 0.1) is 0 Å². The summed E-state index contributed by atoms with van der Waals surface area (Å²) in [6, 6.07) is 44.8. The van der Waals surface area contributed by atoms with Gasteiger partial charge in [-0.25, -0.2) is 0 Å². The summed E-state index contributed by atoms with van der Waals surface area (Å²) in [5, 5.41) is 4.59. The third kappa shape index (κ3) is 5.87. The zero-order valence-electron chi connectivity index (χ0n) is 44.0. The highest BCUT2D eigenvalue weighted by Gasteiger charge is 2.51. The first-order chi connectivity index (χ1) is 33.7. The average molecular weight is 931 g/mol. The van der Waals surface area contributed by atoms with Crippen LogP contribution in [0.25, 0.3) is 55.0 Å². The molecule has 0 atom stereocenters. The van der Waals surface area contributed by atoms with E-state index in [-0.39, 0.29) is 39.3 Å². The number of anilines is 5. The number of hydrogen-bond acceptors (Lipinski definition) is 4. The van der Waals surface area contributed by atoms with Crippen molar-refractivity contribution in [3.63, 3.8) is 0 Å². The van der Waals surface area contributed by atoms with Crippen LogP contribution >= 0.6 is 0 Å². The Kier molecular flexibility index (Phi) is 8.50. The molecule has 9 aromatic rings. The van der Waals surface area contributed by atoms with Crippen molar-refractivity contribution in [3.05, 3.63) is 149 Å². The average Bonchev–Trinajstić information content (AvgIpc) is 3.92. The Bertz CT molecular complexity index is 3810. The summed E-state index contributed by atoms with van der Waals surface area (Å²) in [7, 11) is 0. The van der Waals surface area contributed by atoms with E-state index in [4.69, 9.17) is 8.83 Å². The molecule has 4 nitrogen and oxygen atoms in total. The van der Waals surface area contributed by atoms with Gasteiger partial charge in [0, 0.05) is 49.9 Å². The van der Waals surface area contributed by atoms with Gasteiger partial charge in [-0.1, -0.05) is 138 Å². The Hall–Kier alpha value is -6.20. The maximum atomic E-state index is 7.38. The van der Waals surface area contributed by atoms with E-state index in [0.717, 1.165) is 69.9 Å². The molecule has 0 amide bonds. The van der Waals surface area contributed by atoms with Crippen LogP contribution in [0.3, 0.4) is 0 Å². The number of hydrogen-bond donors (Lipinski definition) is 0. The Morgan fingerprint density at radius 2 is 0.930 bits per heavy atom. The van der Waals surface area contributed by atoms with Gasteiger partial charge in [-0.15, -0.1) is 0 Å². The highest BCUT2D eigenvalue weighted by molar-refractivity contribution is 6.94. The Labute approximate surface area is 420 Å². The zero-order valence-corrected chi connectivity index (χ0v) is 44.0. The zero-order chi connectivity index (χ0) is 49.1. The van der Waals surface area contributed by atoms with Gasteiger partial charge in [0.15, 0.2) is 5.58 Å². The number of para-hydroxylation sites is 2. The van der Waals surface area contributed by atoms with Crippen LogP contribution in [-0.4, -0.2) is 6.85 Å². The van der Waals surface area contributed by atoms with Crippen molar-refractivity contribution in [1.29, 1.82) is 0 Å². The highest BCUT2D eigenvalue weighted by atomic mass is 16.3. The van der Waals surface area contributed by atoms with Crippen LogP contribution < -0.4 is 20.6 Å². The molecule has 3 aliphatic carbocycles. The van der Waals surface area contributed by atoms with Crippen molar-refractivity contribution in [2.45, 2.75) is 154 Å². The van der Waals surface area contributed by atoms with Crippen molar-refractivity contribution < 1.29 is 8.83 Å². The molecule has 0 saturated carbocycles. The molecule has 356 valence electrons. The van der Waals surface area contributed by atoms with Crippen LogP contribution in [0.1, 0.15) is 155 Å². The minimum atomic E-state index is -0.177. The number of nitrogens with zero attached hydrogens (tertiary/aromatic N) is 2. The maximum absolute atomic E-state index is 7.38. The van der Waals surface area contributed by atoms with E-state index in [1.807, 2.05) is 0 Å². The van der Waals surface area contributed by atoms with Crippen molar-refractivity contribution in [3.8, 4) is 11.1 Å². The van der Waals surface area contributed by atoms with Crippen molar-refractivity contribution >= 4 is 90.1 Å². The van der Waals surface area contributed by atoms with E-state index in [0.29, 0.717) is 0 Å². The first-order valence-corrected chi connectivity index (χ1v) is 26.7. The summed E-state index contributed by atoms with van der Waals surface area (Å²) in [5.41, 5.74) is 23.8. The van der Waals surface area contributed by atoms with Crippen LogP contribution in [0.5, 0.6) is 0 Å². The maximum Gasteiger partial charge on any atom is 0.333 e. The largest absolute Gasteiger partial charge is 0.456 e. The van der Waals surface area contributed by atoms with Crippen molar-refractivity contribution in [2.24, 2.45) is 0 Å². The molecule has 71 heavy (non-hydrogen) atoms. The lowest BCUT2D eigenvalue weighted by Crippen LogP contribution is -2.62. The smallest absolute Gasteiger partial charge is 0.333 e. The summed E-state index contributed by atoms with van der Waals surface area (Å²) in [6.45, 7) is 29.4. The van der Waals surface area contributed by atoms with Gasteiger partial charge in [0.25, 0.3) is 0 Å². The van der Waals surface area contributed by atoms with E-state index >= 15 is 0 Å². The first kappa shape index (κ1) is 43.6. The molecule has 0 saturated heterocycles. The quantitative estimate of drug-likeness (QED) is 0.162. The number of rotatable bonds is 2. The van der Waals surface area contributed by atoms with Gasteiger partial charge in [-0.05, 0) is 182 Å². The lowest BCUT2D eigenvalue weighted by molar-refractivity contribution is 0.332. The van der Waals surface area contributed by atoms with Gasteiger partial charge in [0.1, 0.15) is 16.7 Å². The fourth-order valence-corrected chi connectivity index (χ4v) is 14.6. The molecule has 7 aromatic carbocycles. The van der Waals surface area contributed by atoms with E-state index < -0.39 is 0 Å². The van der Waals surface area contributed by atoms with Gasteiger partial charge < -0.3 is 18.5 Å². The highest BCUT2D eigenvalue weighted by Crippen LogP contribution is 2.57. The molecule has 0 spiro atoms. The third-order valence-electron chi connectivity index (χ3n) is 19.2. The summed E-state index contributed by atoms with van der Waals surface area (Å²) in [5.74, 6) is 0. The second kappa shape index (κ2) is 13.8. The normalized spacial score (nSPS) is 20.4. The molecular weight excluding hydrogens is 864 g/mol. The van der Waals surface area contributed by atoms with Gasteiger partial charge in [0.05, 0.1) is 5.69 Å². The second-order valence-corrected chi connectivity index (χ2v) is 26.4. The molecule has 5 heteroatoms. The fourth-order valence-electron chi connectivity index (χ4n) is 14.6. The molecular formula is C66H67BN2O2. The minimum absolute atomic E-state index is 0.00135. The molecule has 4 heterocycles. The topological polar surface area (TPSA) is 32.8 Å². The predicted molar refractivity (Wildman–Crippen MR) is 301 cm³/mol. The lowest BCUT2D eigenvalue weighted by atomic mass is 9.42. The van der Waals surface area contributed by atoms with Crippen LogP contribution in [0.4, 0.5) is 28.4 Å². The van der Waals surface area contributed by atoms with Gasteiger partial charge in [-0.2, -0.15) is 0 Å². The summed E-state index contributed by atoms with van der Waals surface area (Å²) < 4.78 is 14.2. The van der Waals surface area contributed by atoms with E-state index in [1.54, 1.807) is 0 Å². The molecule has 0 fully saturated rings. The predicted octanol–water partition coefficient (Wildman–Crippen LogP) is 17.2. The molecule has 0 unspecified atom stereocenters. The summed E-state index contributed by atoms with van der Waals surface area (Å²) in [6.07, 6.45) is 6.93. The molecule has 0 N–H and O–H groups in total. The lowest BCUT2D eigenvalue weighted by Gasteiger charge is -2.49. The van der Waals surface area contributed by atoms with Gasteiger partial charge in [0.2, 0.25) is 0 Å². The van der Waals surface area contributed by atoms with Gasteiger partial charge in [-0.3, -0.25) is 0 Å². The molecule has 14 rings (SSSR count). The summed E-state index contributed by atoms with van der Waals surface area (Å²) >= 11 is 0. The van der Waals surface area contributed by atoms with Crippen molar-refractivity contribution in [2.75, 3.05) is 9.71 Å². The Morgan fingerprint density at radius 1 is 0.423 bits per heavy atom. The number of furan rings is 2. The monoisotopic (exact) mass is 931 g/mol. The third-order valence-corrected chi connectivity index (χ3v) is 19.2. The van der Waals surface area contributed by atoms with E-state index in [2.05, 4.69) is 208 Å². The number of fused-ring (bicyclic) bond motifs is 15. The van der Waals surface area contributed by atoms with Crippen molar-refractivity contribution in [1.82, 2.24) is 0 Å². The van der Waals surface area contributed by atoms with E-state index in [1.165, 1.54) is 96.4 Å². The Balaban J connectivity index is 1.19. The van der Waals surface area contributed by atoms with Crippen LogP contribution in [-0.2, 0) is 32.5 Å². The SMILES string of the molecule is CC1(C)CCC(C)(C)c2cc(N3B4c5cc6c(cc5N(c5ccc7c(c5)C(C)(C)CCC7(C)C)c5c4c(cc4c5oc5ccccc54)-c4c3ccc3oc5ccccc5c43)C(C)(C)CCC6(C)C)ccc21. The second-order valence-electron chi connectivity index (χ2n) is 26.4. The Morgan fingerprint density at radius 3 is 1.55 bits per heavy atom. The molecule has 2 aromatic heterocycles. The van der Waals surface area contributed by atoms with Crippen LogP contribution in [0.2, 0.25) is 0 Å². The minimum Gasteiger partial charge on any atom is -0.456 e. The molecule has 0 radical (unpaired) electrons. The first-order valence-electron chi connectivity index (χ1n) is 26.7. The van der Waals surface area contributed by atoms with E-state index in [9.17, 15) is 0 Å². The number of benzene rings is 7. The standard InChI is InChI=1S/C66H67BN2O2/c1-61(2)27-29-63(5,6)46-33-38(21-23-44(46)61)68-52-37-49-48(65(9,10)31-32-66(49,11)12)36-50(52)67-58-43(35-42-40-17-13-15-19-53(40)71-60(42)59(58)68)56-51(25-26-55-57(56)41-18-14-16-20-54(41)70-55)69(67)39-22-24-45-47(34-39)64(7,8)30-28-62(45,3)4/h13-26,33-37H,27-32H2,1-12H3.